The number of rotatable bonds is 6. The standard InChI is InChI=1S/C15H15N3O5S2/c1-9-6-13(18-23-9)17-14(19)10(2)25(20,21)8-11-7-22-15(16-11)12-4-3-5-24-12/h3-7,10H,8H2,1-2H3,(H,17,18,19). The van der Waals surface area contributed by atoms with Crippen molar-refractivity contribution in [2.45, 2.75) is 24.9 Å². The Balaban J connectivity index is 1.69. The van der Waals surface area contributed by atoms with E-state index in [9.17, 15) is 13.2 Å². The van der Waals surface area contributed by atoms with E-state index in [0.717, 1.165) is 4.88 Å². The molecule has 0 aromatic carbocycles. The van der Waals surface area contributed by atoms with Gasteiger partial charge in [0.1, 0.15) is 17.3 Å². The molecule has 0 aliphatic rings. The molecule has 3 aromatic heterocycles. The molecule has 0 spiro atoms. The molecule has 0 saturated heterocycles. The first-order valence-electron chi connectivity index (χ1n) is 7.29. The second kappa shape index (κ2) is 6.81. The number of hydrogen-bond donors (Lipinski definition) is 1. The summed E-state index contributed by atoms with van der Waals surface area (Å²) in [4.78, 5) is 17.1. The van der Waals surface area contributed by atoms with Crippen LogP contribution in [-0.4, -0.2) is 29.7 Å². The number of anilines is 1. The van der Waals surface area contributed by atoms with Crippen LogP contribution in [0.5, 0.6) is 0 Å². The van der Waals surface area contributed by atoms with Crippen LogP contribution in [0.4, 0.5) is 5.82 Å². The van der Waals surface area contributed by atoms with Gasteiger partial charge in [-0.25, -0.2) is 13.4 Å². The number of thiophene rings is 1. The van der Waals surface area contributed by atoms with E-state index in [0.29, 0.717) is 11.7 Å². The monoisotopic (exact) mass is 381 g/mol. The summed E-state index contributed by atoms with van der Waals surface area (Å²) in [7, 11) is -3.77. The van der Waals surface area contributed by atoms with Crippen molar-refractivity contribution in [2.24, 2.45) is 0 Å². The van der Waals surface area contributed by atoms with Gasteiger partial charge in [0.2, 0.25) is 11.8 Å². The Bertz CT molecular complexity index is 973. The van der Waals surface area contributed by atoms with Crippen LogP contribution in [0.25, 0.3) is 10.8 Å². The van der Waals surface area contributed by atoms with Gasteiger partial charge in [-0.1, -0.05) is 11.2 Å². The minimum absolute atomic E-state index is 0.172. The third-order valence-corrected chi connectivity index (χ3v) is 6.27. The molecule has 1 N–H and O–H groups in total. The van der Waals surface area contributed by atoms with Gasteiger partial charge in [0.25, 0.3) is 0 Å². The van der Waals surface area contributed by atoms with Gasteiger partial charge in [0, 0.05) is 6.07 Å². The lowest BCUT2D eigenvalue weighted by molar-refractivity contribution is -0.115. The number of oxazole rings is 1. The molecular formula is C15H15N3O5S2. The Hall–Kier alpha value is -2.46. The zero-order valence-electron chi connectivity index (χ0n) is 13.4. The Morgan fingerprint density at radius 2 is 2.24 bits per heavy atom. The van der Waals surface area contributed by atoms with Gasteiger partial charge < -0.3 is 14.3 Å². The molecule has 0 saturated carbocycles. The van der Waals surface area contributed by atoms with Crippen LogP contribution >= 0.6 is 11.3 Å². The maximum atomic E-state index is 12.4. The Kier molecular flexibility index (Phi) is 4.73. The van der Waals surface area contributed by atoms with Gasteiger partial charge in [-0.15, -0.1) is 11.3 Å². The van der Waals surface area contributed by atoms with Crippen LogP contribution in [0.3, 0.4) is 0 Å². The summed E-state index contributed by atoms with van der Waals surface area (Å²) in [6.45, 7) is 2.98. The zero-order valence-corrected chi connectivity index (χ0v) is 15.1. The quantitative estimate of drug-likeness (QED) is 0.698. The Morgan fingerprint density at radius 3 is 2.88 bits per heavy atom. The van der Waals surface area contributed by atoms with Gasteiger partial charge >= 0.3 is 0 Å². The first kappa shape index (κ1) is 17.4. The summed E-state index contributed by atoms with van der Waals surface area (Å²) in [6.07, 6.45) is 1.29. The second-order valence-electron chi connectivity index (χ2n) is 5.38. The number of hydrogen-bond acceptors (Lipinski definition) is 8. The molecule has 0 aliphatic heterocycles. The van der Waals surface area contributed by atoms with Crippen molar-refractivity contribution in [1.82, 2.24) is 10.1 Å². The van der Waals surface area contributed by atoms with Gasteiger partial charge in [-0.05, 0) is 25.3 Å². The molecule has 0 fully saturated rings. The highest BCUT2D eigenvalue weighted by Crippen LogP contribution is 2.24. The zero-order chi connectivity index (χ0) is 18.0. The van der Waals surface area contributed by atoms with Crippen LogP contribution < -0.4 is 5.32 Å². The number of aryl methyl sites for hydroxylation is 1. The van der Waals surface area contributed by atoms with Crippen molar-refractivity contribution in [3.8, 4) is 10.8 Å². The lowest BCUT2D eigenvalue weighted by atomic mass is 10.4. The number of amides is 1. The molecule has 25 heavy (non-hydrogen) atoms. The molecule has 0 aliphatic carbocycles. The number of nitrogens with one attached hydrogen (secondary N) is 1. The van der Waals surface area contributed by atoms with E-state index >= 15 is 0 Å². The molecule has 8 nitrogen and oxygen atoms in total. The molecule has 1 amide bonds. The summed E-state index contributed by atoms with van der Waals surface area (Å²) >= 11 is 1.44. The average Bonchev–Trinajstić information content (AvgIpc) is 3.27. The lowest BCUT2D eigenvalue weighted by Gasteiger charge is -2.10. The van der Waals surface area contributed by atoms with E-state index in [4.69, 9.17) is 8.94 Å². The summed E-state index contributed by atoms with van der Waals surface area (Å²) < 4.78 is 35.0. The highest BCUT2D eigenvalue weighted by atomic mass is 32.2. The molecule has 3 rings (SSSR count). The van der Waals surface area contributed by atoms with Gasteiger partial charge in [0.15, 0.2) is 15.7 Å². The normalized spacial score (nSPS) is 12.9. The van der Waals surface area contributed by atoms with E-state index < -0.39 is 26.7 Å². The van der Waals surface area contributed by atoms with Gasteiger partial charge in [0.05, 0.1) is 16.3 Å². The maximum absolute atomic E-state index is 12.4. The summed E-state index contributed by atoms with van der Waals surface area (Å²) in [5, 5.41) is 6.62. The van der Waals surface area contributed by atoms with Gasteiger partial charge in [-0.2, -0.15) is 0 Å². The number of carbonyl (C=O) groups excluding carboxylic acids is 1. The largest absolute Gasteiger partial charge is 0.444 e. The molecular weight excluding hydrogens is 366 g/mol. The fourth-order valence-electron chi connectivity index (χ4n) is 2.03. The van der Waals surface area contributed by atoms with Crippen molar-refractivity contribution < 1.29 is 22.2 Å². The lowest BCUT2D eigenvalue weighted by Crippen LogP contribution is -2.33. The Morgan fingerprint density at radius 1 is 1.44 bits per heavy atom. The predicted octanol–water partition coefficient (Wildman–Crippen LogP) is 2.64. The summed E-state index contributed by atoms with van der Waals surface area (Å²) in [5.74, 6) is -0.0416. The predicted molar refractivity (Wildman–Crippen MR) is 91.8 cm³/mol. The minimum atomic E-state index is -3.77. The highest BCUT2D eigenvalue weighted by Gasteiger charge is 2.30. The number of sulfone groups is 1. The van der Waals surface area contributed by atoms with Crippen LogP contribution in [0, 0.1) is 6.92 Å². The Labute approximate surface area is 147 Å². The smallest absolute Gasteiger partial charge is 0.243 e. The molecule has 3 aromatic rings. The van der Waals surface area contributed by atoms with Crippen molar-refractivity contribution in [2.75, 3.05) is 5.32 Å². The fourth-order valence-corrected chi connectivity index (χ4v) is 3.87. The number of carbonyl (C=O) groups is 1. The summed E-state index contributed by atoms with van der Waals surface area (Å²) in [6, 6.07) is 5.17. The van der Waals surface area contributed by atoms with E-state index in [2.05, 4.69) is 15.5 Å². The molecule has 1 atom stereocenters. The van der Waals surface area contributed by atoms with E-state index in [1.54, 1.807) is 6.92 Å². The molecule has 0 bridgehead atoms. The van der Waals surface area contributed by atoms with E-state index in [-0.39, 0.29) is 11.5 Å². The summed E-state index contributed by atoms with van der Waals surface area (Å²) in [5.41, 5.74) is 0.250. The van der Waals surface area contributed by atoms with Crippen molar-refractivity contribution in [3.05, 3.63) is 41.3 Å². The number of aromatic nitrogens is 2. The molecule has 132 valence electrons. The molecule has 3 heterocycles. The molecule has 0 radical (unpaired) electrons. The highest BCUT2D eigenvalue weighted by molar-refractivity contribution is 7.92. The van der Waals surface area contributed by atoms with E-state index in [1.807, 2.05) is 17.5 Å². The van der Waals surface area contributed by atoms with Gasteiger partial charge in [-0.3, -0.25) is 4.79 Å². The van der Waals surface area contributed by atoms with Crippen LogP contribution in [0.1, 0.15) is 18.4 Å². The first-order chi connectivity index (χ1) is 11.8. The van der Waals surface area contributed by atoms with Crippen molar-refractivity contribution in [3.63, 3.8) is 0 Å². The van der Waals surface area contributed by atoms with E-state index in [1.165, 1.54) is 30.6 Å². The molecule has 1 unspecified atom stereocenters. The minimum Gasteiger partial charge on any atom is -0.444 e. The average molecular weight is 381 g/mol. The van der Waals surface area contributed by atoms with Crippen molar-refractivity contribution in [1.29, 1.82) is 0 Å². The first-order valence-corrected chi connectivity index (χ1v) is 9.89. The SMILES string of the molecule is Cc1cc(NC(=O)C(C)S(=O)(=O)Cc2coc(-c3cccs3)n2)no1. The molecule has 10 heteroatoms. The van der Waals surface area contributed by atoms with Crippen LogP contribution in [-0.2, 0) is 20.4 Å². The topological polar surface area (TPSA) is 115 Å². The number of nitrogens with zero attached hydrogens (tertiary/aromatic N) is 2. The third-order valence-electron chi connectivity index (χ3n) is 3.42. The maximum Gasteiger partial charge on any atom is 0.243 e. The third kappa shape index (κ3) is 3.97. The van der Waals surface area contributed by atoms with Crippen LogP contribution in [0.15, 0.2) is 38.8 Å². The van der Waals surface area contributed by atoms with Crippen molar-refractivity contribution >= 4 is 32.9 Å². The fraction of sp³-hybridized carbons (Fsp3) is 0.267. The second-order valence-corrected chi connectivity index (χ2v) is 8.65. The van der Waals surface area contributed by atoms with Crippen LogP contribution in [0.2, 0.25) is 0 Å².